The van der Waals surface area contributed by atoms with Crippen molar-refractivity contribution >= 4 is 93.5 Å². The predicted molar refractivity (Wildman–Crippen MR) is 299 cm³/mol. The Morgan fingerprint density at radius 3 is 1.37 bits per heavy atom. The zero-order valence-corrected chi connectivity index (χ0v) is 46.7. The van der Waals surface area contributed by atoms with E-state index >= 15 is 17.9 Å². The molecular weight excluding hydrogens is 1180 g/mol. The standard InChI is InChI=1S/C52H44F2N12O14P2S2/c53-39-43-37-23-75-82(74,84-26-34-18-8-10-20-36(34)66(71)72)80-44-38(24-76-81(73,79-43)83-25-33-17-7-9-19-35(33)65(69)70)78-52(40(44)54)64-30-60-42-46(56-28-58-48(42)64)62(50(68)32-15-5-2-6-16-32)22-12-11-21-61(49(67)31-13-3-1-4-14-31)45-41-47(57-27-55-45)63(29-59-41)51(39)77-37/h1-20,27-30,37-40,43-44,51-52H,21-26H2/b12-11-/t37-,38-,39-,40-,43-,44-,51-,52?,81-,82-/m1/s1. The Bertz CT molecular complexity index is 3720. The van der Waals surface area contributed by atoms with Crippen LogP contribution in [0.2, 0.25) is 0 Å². The first kappa shape index (κ1) is 56.7. The van der Waals surface area contributed by atoms with Crippen molar-refractivity contribution < 1.29 is 64.9 Å². The molecule has 13 rings (SSSR count). The second kappa shape index (κ2) is 23.7. The lowest BCUT2D eigenvalue weighted by Gasteiger charge is -2.30. The summed E-state index contributed by atoms with van der Waals surface area (Å²) in [7, 11) is 0. The minimum absolute atomic E-state index is 0.0210. The summed E-state index contributed by atoms with van der Waals surface area (Å²) >= 11 is 0.891. The lowest BCUT2D eigenvalue weighted by Crippen LogP contribution is -2.37. The molecule has 0 spiro atoms. The molecule has 8 aromatic rings. The van der Waals surface area contributed by atoms with E-state index in [1.165, 1.54) is 80.1 Å². The molecular formula is C52H44F2N12O14P2S2. The van der Waals surface area contributed by atoms with Gasteiger partial charge in [-0.25, -0.2) is 47.8 Å². The second-order valence-electron chi connectivity index (χ2n) is 19.0. The van der Waals surface area contributed by atoms with Gasteiger partial charge in [-0.3, -0.25) is 66.8 Å². The molecule has 3 fully saturated rings. The Labute approximate surface area is 481 Å². The number of carbonyl (C=O) groups excluding carboxylic acids is 2. The normalized spacial score (nSPS) is 26.7. The quantitative estimate of drug-likeness (QED) is 0.0532. The summed E-state index contributed by atoms with van der Waals surface area (Å²) in [5.41, 5.74) is -0.242. The first-order valence-corrected chi connectivity index (χ1v) is 31.9. The molecule has 9 heterocycles. The number of aromatic nitrogens is 8. The van der Waals surface area contributed by atoms with Crippen LogP contribution >= 0.6 is 36.4 Å². The summed E-state index contributed by atoms with van der Waals surface area (Å²) < 4.78 is 107. The number of ether oxygens (including phenoxy) is 2. The summed E-state index contributed by atoms with van der Waals surface area (Å²) in [6, 6.07) is 27.7. The Morgan fingerprint density at radius 1 is 0.571 bits per heavy atom. The number of imidazole rings is 2. The summed E-state index contributed by atoms with van der Waals surface area (Å²) in [5, 5.41) is 24.3. The summed E-state index contributed by atoms with van der Waals surface area (Å²) in [6.07, 6.45) is -7.77. The van der Waals surface area contributed by atoms with E-state index in [0.717, 1.165) is 12.7 Å². The van der Waals surface area contributed by atoms with Crippen LogP contribution < -0.4 is 9.80 Å². The number of carbonyl (C=O) groups is 2. The van der Waals surface area contributed by atoms with Gasteiger partial charge in [-0.05, 0) is 47.0 Å². The molecule has 14 bridgehead atoms. The Kier molecular flexibility index (Phi) is 16.0. The third kappa shape index (κ3) is 11.1. The molecule has 32 heteroatoms. The van der Waals surface area contributed by atoms with Crippen molar-refractivity contribution in [3.63, 3.8) is 0 Å². The third-order valence-corrected chi connectivity index (χ3v) is 21.2. The fourth-order valence-electron chi connectivity index (χ4n) is 9.91. The molecule has 2 amide bonds. The van der Waals surface area contributed by atoms with Gasteiger partial charge >= 0.3 is 13.6 Å². The number of benzene rings is 4. The minimum atomic E-state index is -4.90. The van der Waals surface area contributed by atoms with E-state index in [2.05, 4.69) is 29.9 Å². The van der Waals surface area contributed by atoms with Crippen LogP contribution in [0.15, 0.2) is 147 Å². The maximum atomic E-state index is 17.9. The second-order valence-corrected chi connectivity index (χ2v) is 27.1. The van der Waals surface area contributed by atoms with Gasteiger partial charge in [-0.2, -0.15) is 0 Å². The highest BCUT2D eigenvalue weighted by Gasteiger charge is 2.56. The number of para-hydroxylation sites is 2. The molecule has 0 N–H and O–H groups in total. The van der Waals surface area contributed by atoms with E-state index in [1.54, 1.807) is 72.8 Å². The molecule has 5 aliphatic heterocycles. The first-order valence-electron chi connectivity index (χ1n) is 25.6. The molecule has 3 saturated heterocycles. The van der Waals surface area contributed by atoms with Crippen LogP contribution in [-0.4, -0.2) is 124 Å². The van der Waals surface area contributed by atoms with Gasteiger partial charge in [0, 0.05) is 59.0 Å². The van der Waals surface area contributed by atoms with Crippen molar-refractivity contribution in [2.24, 2.45) is 0 Å². The van der Waals surface area contributed by atoms with Crippen LogP contribution in [0.5, 0.6) is 0 Å². The Hall–Kier alpha value is -7.76. The van der Waals surface area contributed by atoms with Gasteiger partial charge in [-0.1, -0.05) is 84.9 Å². The van der Waals surface area contributed by atoms with E-state index in [1.807, 2.05) is 0 Å². The van der Waals surface area contributed by atoms with Crippen molar-refractivity contribution in [1.82, 2.24) is 39.0 Å². The minimum Gasteiger partial charge on any atom is -0.346 e. The van der Waals surface area contributed by atoms with E-state index < -0.39 is 109 Å². The SMILES string of the molecule is O=C(c1ccccc1)N1C/C=C\CN(C(=O)c2ccccc2)c2ncnc3c2ncn3[C@@H]2O[C@@H]3CO[P@@](=O)(SCc4ccccc4[N+](=O)[O-])O[C@@H]4[C@@H](CO[P@@](=O)(SCc5ccccc5[N+](=O)[O-])O[C@H]3[C@H]2F)OC([C@@H]4F)n2cnc3c1ncnc32. The molecule has 5 aliphatic rings. The van der Waals surface area contributed by atoms with Gasteiger partial charge in [0.1, 0.15) is 37.1 Å². The van der Waals surface area contributed by atoms with Gasteiger partial charge in [0.2, 0.25) is 0 Å². The van der Waals surface area contributed by atoms with Crippen LogP contribution in [0, 0.1) is 20.2 Å². The van der Waals surface area contributed by atoms with Crippen LogP contribution in [0.1, 0.15) is 44.3 Å². The number of anilines is 2. The first-order chi connectivity index (χ1) is 40.7. The van der Waals surface area contributed by atoms with Gasteiger partial charge in [0.25, 0.3) is 23.2 Å². The van der Waals surface area contributed by atoms with E-state index in [4.69, 9.17) is 27.6 Å². The molecule has 4 aromatic carbocycles. The van der Waals surface area contributed by atoms with Crippen molar-refractivity contribution in [3.05, 3.63) is 189 Å². The summed E-state index contributed by atoms with van der Waals surface area (Å²) in [4.78, 5) is 81.8. The zero-order valence-electron chi connectivity index (χ0n) is 43.3. The third-order valence-electron chi connectivity index (χ3n) is 14.0. The number of halogens is 2. The molecule has 84 heavy (non-hydrogen) atoms. The van der Waals surface area contributed by atoms with Crippen LogP contribution in [-0.2, 0) is 48.2 Å². The average molecular weight is 1230 g/mol. The smallest absolute Gasteiger partial charge is 0.346 e. The van der Waals surface area contributed by atoms with Crippen molar-refractivity contribution in [3.8, 4) is 0 Å². The Balaban J connectivity index is 1.02. The van der Waals surface area contributed by atoms with E-state index in [-0.39, 0.29) is 80.7 Å². The van der Waals surface area contributed by atoms with E-state index in [9.17, 15) is 29.8 Å². The molecule has 0 aliphatic carbocycles. The van der Waals surface area contributed by atoms with Crippen molar-refractivity contribution in [2.75, 3.05) is 36.1 Å². The fourth-order valence-corrected chi connectivity index (χ4v) is 16.7. The van der Waals surface area contributed by atoms with Crippen molar-refractivity contribution in [2.45, 2.75) is 60.7 Å². The van der Waals surface area contributed by atoms with Gasteiger partial charge < -0.3 is 9.47 Å². The van der Waals surface area contributed by atoms with Gasteiger partial charge in [0.05, 0.1) is 35.7 Å². The fraction of sp³-hybridized carbons (Fsp3) is 0.269. The number of hydrogen-bond donors (Lipinski definition) is 0. The molecule has 0 saturated carbocycles. The average Bonchev–Trinajstić information content (AvgIpc) is 4.50. The lowest BCUT2D eigenvalue weighted by atomic mass is 10.1. The van der Waals surface area contributed by atoms with Gasteiger partial charge in [-0.15, -0.1) is 0 Å². The maximum absolute atomic E-state index is 17.9. The number of nitro benzene ring substituents is 2. The monoisotopic (exact) mass is 1220 g/mol. The van der Waals surface area contributed by atoms with Crippen LogP contribution in [0.3, 0.4) is 0 Å². The number of fused-ring (bicyclic) bond motifs is 10. The number of hydrogen-bond acceptors (Lipinski definition) is 22. The maximum Gasteiger partial charge on any atom is 0.390 e. The number of alkyl halides is 2. The lowest BCUT2D eigenvalue weighted by molar-refractivity contribution is -0.385. The topological polar surface area (TPSA) is 304 Å². The number of nitrogens with zero attached hydrogens (tertiary/aromatic N) is 12. The molecule has 4 aromatic heterocycles. The van der Waals surface area contributed by atoms with Crippen molar-refractivity contribution in [1.29, 1.82) is 0 Å². The van der Waals surface area contributed by atoms with Crippen LogP contribution in [0.25, 0.3) is 22.3 Å². The number of nitro groups is 2. The highest BCUT2D eigenvalue weighted by Crippen LogP contribution is 2.67. The predicted octanol–water partition coefficient (Wildman–Crippen LogP) is 9.72. The molecule has 0 radical (unpaired) electrons. The summed E-state index contributed by atoms with van der Waals surface area (Å²) in [5.74, 6) is -1.99. The number of rotatable bonds is 10. The Morgan fingerprint density at radius 2 is 0.964 bits per heavy atom. The number of amides is 2. The summed E-state index contributed by atoms with van der Waals surface area (Å²) in [6.45, 7) is -12.0. The molecule has 1 unspecified atom stereocenters. The largest absolute Gasteiger partial charge is 0.390 e. The molecule has 10 atom stereocenters. The molecule has 26 nitrogen and oxygen atoms in total. The highest BCUT2D eigenvalue weighted by molar-refractivity contribution is 8.55. The highest BCUT2D eigenvalue weighted by atomic mass is 32.7. The van der Waals surface area contributed by atoms with E-state index in [0.29, 0.717) is 22.8 Å². The molecule has 432 valence electrons. The van der Waals surface area contributed by atoms with Crippen LogP contribution in [0.4, 0.5) is 31.8 Å². The zero-order chi connectivity index (χ0) is 58.3. The van der Waals surface area contributed by atoms with Gasteiger partial charge in [0.15, 0.2) is 58.8 Å².